The Morgan fingerprint density at radius 1 is 0.957 bits per heavy atom. The molecule has 3 rings (SSSR count). The fourth-order valence-electron chi connectivity index (χ4n) is 2.64. The maximum atomic E-state index is 12.5. The smallest absolute Gasteiger partial charge is 0.275 e. The molecule has 0 unspecified atom stereocenters. The maximum Gasteiger partial charge on any atom is 0.275 e. The molecule has 1 aliphatic heterocycles. The van der Waals surface area contributed by atoms with E-state index in [9.17, 15) is 19.5 Å². The topological polar surface area (TPSA) is 74.7 Å². The number of carbonyl (C=O) groups is 3. The zero-order chi connectivity index (χ0) is 16.6. The molecule has 0 aromatic heterocycles. The van der Waals surface area contributed by atoms with Crippen molar-refractivity contribution in [2.24, 2.45) is 0 Å². The van der Waals surface area contributed by atoms with Gasteiger partial charge in [-0.2, -0.15) is 0 Å². The average molecular weight is 330 g/mol. The van der Waals surface area contributed by atoms with Gasteiger partial charge >= 0.3 is 0 Å². The highest BCUT2D eigenvalue weighted by molar-refractivity contribution is 6.65. The molecule has 2 aromatic carbocycles. The van der Waals surface area contributed by atoms with E-state index in [1.807, 2.05) is 0 Å². The molecule has 116 valence electrons. The number of carbonyl (C=O) groups excluding carboxylic acids is 3. The van der Waals surface area contributed by atoms with Crippen molar-refractivity contribution < 1.29 is 19.5 Å². The van der Waals surface area contributed by atoms with E-state index >= 15 is 0 Å². The first-order valence-electron chi connectivity index (χ1n) is 6.89. The molecule has 1 atom stereocenters. The third-order valence-corrected chi connectivity index (χ3v) is 4.07. The Morgan fingerprint density at radius 3 is 1.91 bits per heavy atom. The SMILES string of the molecule is O=C1c2ccccc2C(=O)N1[C@@](O)(Cc1ccccc1)C(=O)Cl. The van der Waals surface area contributed by atoms with Gasteiger partial charge in [-0.3, -0.25) is 14.4 Å². The summed E-state index contributed by atoms with van der Waals surface area (Å²) in [5.74, 6) is -1.48. The van der Waals surface area contributed by atoms with Crippen molar-refractivity contribution in [2.75, 3.05) is 0 Å². The van der Waals surface area contributed by atoms with Crippen LogP contribution in [-0.2, 0) is 11.2 Å². The summed E-state index contributed by atoms with van der Waals surface area (Å²) >= 11 is 5.55. The van der Waals surface area contributed by atoms with Crippen LogP contribution in [-0.4, -0.2) is 32.8 Å². The van der Waals surface area contributed by atoms with Crippen molar-refractivity contribution in [3.8, 4) is 0 Å². The number of aliphatic hydroxyl groups is 1. The van der Waals surface area contributed by atoms with E-state index in [1.165, 1.54) is 12.1 Å². The Bertz CT molecular complexity index is 770. The first-order valence-corrected chi connectivity index (χ1v) is 7.27. The van der Waals surface area contributed by atoms with Crippen molar-refractivity contribution in [2.45, 2.75) is 12.1 Å². The van der Waals surface area contributed by atoms with Crippen molar-refractivity contribution >= 4 is 28.7 Å². The Labute approximate surface area is 137 Å². The van der Waals surface area contributed by atoms with Crippen molar-refractivity contribution in [1.82, 2.24) is 4.90 Å². The first-order chi connectivity index (χ1) is 10.9. The maximum absolute atomic E-state index is 12.5. The largest absolute Gasteiger partial charge is 0.363 e. The molecular weight excluding hydrogens is 318 g/mol. The van der Waals surface area contributed by atoms with E-state index in [2.05, 4.69) is 0 Å². The second kappa shape index (κ2) is 5.61. The van der Waals surface area contributed by atoms with Gasteiger partial charge in [0.1, 0.15) is 0 Å². The summed E-state index contributed by atoms with van der Waals surface area (Å²) in [4.78, 5) is 37.4. The first kappa shape index (κ1) is 15.4. The summed E-state index contributed by atoms with van der Waals surface area (Å²) in [6.07, 6.45) is -0.276. The van der Waals surface area contributed by atoms with Gasteiger partial charge in [0.25, 0.3) is 17.1 Å². The Balaban J connectivity index is 2.05. The summed E-state index contributed by atoms with van der Waals surface area (Å²) in [6, 6.07) is 14.7. The molecule has 23 heavy (non-hydrogen) atoms. The lowest BCUT2D eigenvalue weighted by molar-refractivity contribution is -0.141. The molecule has 2 aromatic rings. The predicted molar refractivity (Wildman–Crippen MR) is 82.9 cm³/mol. The highest BCUT2D eigenvalue weighted by Gasteiger charge is 2.52. The predicted octanol–water partition coefficient (Wildman–Crippen LogP) is 1.98. The molecule has 2 amide bonds. The number of fused-ring (bicyclic) bond motifs is 1. The third kappa shape index (κ3) is 2.44. The minimum atomic E-state index is -2.43. The summed E-state index contributed by atoms with van der Waals surface area (Å²) in [5.41, 5.74) is -1.58. The normalized spacial score (nSPS) is 16.2. The molecule has 6 heteroatoms. The summed E-state index contributed by atoms with van der Waals surface area (Å²) in [6.45, 7) is 0. The Morgan fingerprint density at radius 2 is 1.43 bits per heavy atom. The Kier molecular flexibility index (Phi) is 3.75. The molecule has 0 saturated carbocycles. The van der Waals surface area contributed by atoms with Crippen LogP contribution in [0.15, 0.2) is 54.6 Å². The van der Waals surface area contributed by atoms with Gasteiger partial charge in [0.15, 0.2) is 0 Å². The molecule has 0 spiro atoms. The standard InChI is InChI=1S/C17H12ClNO4/c18-16(22)17(23,10-11-6-2-1-3-7-11)19-14(20)12-8-4-5-9-13(12)15(19)21/h1-9,23H,10H2/t17-/m1/s1. The highest BCUT2D eigenvalue weighted by Crippen LogP contribution is 2.31. The van der Waals surface area contributed by atoms with Gasteiger partial charge in [-0.15, -0.1) is 0 Å². The molecule has 1 N–H and O–H groups in total. The summed E-state index contributed by atoms with van der Waals surface area (Å²) in [5, 5.41) is 9.57. The molecule has 1 aliphatic rings. The van der Waals surface area contributed by atoms with Gasteiger partial charge in [-0.05, 0) is 29.3 Å². The number of benzene rings is 2. The van der Waals surface area contributed by atoms with E-state index in [0.717, 1.165) is 0 Å². The van der Waals surface area contributed by atoms with Crippen LogP contribution >= 0.6 is 11.6 Å². The molecular formula is C17H12ClNO4. The molecule has 0 radical (unpaired) electrons. The molecule has 0 bridgehead atoms. The van der Waals surface area contributed by atoms with Gasteiger partial charge < -0.3 is 5.11 Å². The van der Waals surface area contributed by atoms with E-state index in [-0.39, 0.29) is 17.5 Å². The number of hydrogen-bond donors (Lipinski definition) is 1. The van der Waals surface area contributed by atoms with E-state index in [4.69, 9.17) is 11.6 Å². The van der Waals surface area contributed by atoms with Crippen LogP contribution in [0, 0.1) is 0 Å². The zero-order valence-electron chi connectivity index (χ0n) is 11.9. The number of nitrogens with zero attached hydrogens (tertiary/aromatic N) is 1. The summed E-state index contributed by atoms with van der Waals surface area (Å²) < 4.78 is 0. The van der Waals surface area contributed by atoms with Crippen molar-refractivity contribution in [3.63, 3.8) is 0 Å². The number of imide groups is 1. The zero-order valence-corrected chi connectivity index (χ0v) is 12.7. The molecule has 0 fully saturated rings. The molecule has 5 nitrogen and oxygen atoms in total. The monoisotopic (exact) mass is 329 g/mol. The average Bonchev–Trinajstić information content (AvgIpc) is 2.80. The van der Waals surface area contributed by atoms with Crippen molar-refractivity contribution in [1.29, 1.82) is 0 Å². The number of rotatable bonds is 4. The third-order valence-electron chi connectivity index (χ3n) is 3.77. The summed E-state index contributed by atoms with van der Waals surface area (Å²) in [7, 11) is 0. The fourth-order valence-corrected chi connectivity index (χ4v) is 2.79. The minimum absolute atomic E-state index is 0.141. The number of hydrogen-bond acceptors (Lipinski definition) is 4. The van der Waals surface area contributed by atoms with Crippen molar-refractivity contribution in [3.05, 3.63) is 71.3 Å². The minimum Gasteiger partial charge on any atom is -0.363 e. The lowest BCUT2D eigenvalue weighted by atomic mass is 10.0. The fraction of sp³-hybridized carbons (Fsp3) is 0.118. The van der Waals surface area contributed by atoms with Crippen LogP contribution in [0.4, 0.5) is 0 Å². The number of halogens is 1. The lowest BCUT2D eigenvalue weighted by Gasteiger charge is -2.32. The van der Waals surface area contributed by atoms with Gasteiger partial charge in [0.2, 0.25) is 5.72 Å². The lowest BCUT2D eigenvalue weighted by Crippen LogP contribution is -2.57. The highest BCUT2D eigenvalue weighted by atomic mass is 35.5. The van der Waals surface area contributed by atoms with Crippen LogP contribution in [0.2, 0.25) is 0 Å². The van der Waals surface area contributed by atoms with Crippen LogP contribution in [0.5, 0.6) is 0 Å². The van der Waals surface area contributed by atoms with Gasteiger partial charge in [-0.25, -0.2) is 4.90 Å². The quantitative estimate of drug-likeness (QED) is 0.687. The van der Waals surface area contributed by atoms with E-state index in [1.54, 1.807) is 42.5 Å². The van der Waals surface area contributed by atoms with Crippen LogP contribution in [0.1, 0.15) is 26.3 Å². The Hall–Kier alpha value is -2.50. The molecule has 0 saturated heterocycles. The van der Waals surface area contributed by atoms with Crippen LogP contribution < -0.4 is 0 Å². The van der Waals surface area contributed by atoms with E-state index < -0.39 is 22.8 Å². The molecule has 0 aliphatic carbocycles. The number of amides is 2. The van der Waals surface area contributed by atoms with Gasteiger partial charge in [0.05, 0.1) is 11.1 Å². The van der Waals surface area contributed by atoms with Gasteiger partial charge in [0, 0.05) is 6.42 Å². The second-order valence-electron chi connectivity index (χ2n) is 5.24. The van der Waals surface area contributed by atoms with Crippen LogP contribution in [0.25, 0.3) is 0 Å². The van der Waals surface area contributed by atoms with Gasteiger partial charge in [-0.1, -0.05) is 42.5 Å². The second-order valence-corrected chi connectivity index (χ2v) is 5.59. The molecule has 1 heterocycles. The van der Waals surface area contributed by atoms with E-state index in [0.29, 0.717) is 10.5 Å². The van der Waals surface area contributed by atoms with Crippen LogP contribution in [0.3, 0.4) is 0 Å².